The number of hydrogen-bond donors (Lipinski definition) is 1. The zero-order chi connectivity index (χ0) is 12.3. The average molecular weight is 234 g/mol. The Bertz CT molecular complexity index is 543. The van der Waals surface area contributed by atoms with E-state index in [2.05, 4.69) is 17.3 Å². The van der Waals surface area contributed by atoms with Gasteiger partial charge in [-0.3, -0.25) is 4.79 Å². The maximum absolute atomic E-state index is 12.1. The monoisotopic (exact) mass is 234 g/mol. The van der Waals surface area contributed by atoms with E-state index in [1.807, 2.05) is 13.2 Å². The van der Waals surface area contributed by atoms with E-state index in [1.54, 1.807) is 27.5 Å². The molecule has 2 aromatic rings. The summed E-state index contributed by atoms with van der Waals surface area (Å²) in [5.74, 6) is 0. The van der Waals surface area contributed by atoms with Crippen molar-refractivity contribution in [3.63, 3.8) is 0 Å². The Morgan fingerprint density at radius 2 is 2.29 bits per heavy atom. The van der Waals surface area contributed by atoms with Gasteiger partial charge in [0.15, 0.2) is 0 Å². The molecule has 0 saturated carbocycles. The molecule has 2 rings (SSSR count). The fourth-order valence-corrected chi connectivity index (χ4v) is 2.02. The van der Waals surface area contributed by atoms with Crippen LogP contribution in [0.5, 0.6) is 0 Å². The molecule has 0 saturated heterocycles. The summed E-state index contributed by atoms with van der Waals surface area (Å²) in [7, 11) is 1.93. The van der Waals surface area contributed by atoms with Crippen LogP contribution in [-0.2, 0) is 6.54 Å². The Hall–Kier alpha value is -1.62. The summed E-state index contributed by atoms with van der Waals surface area (Å²) >= 11 is 0. The largest absolute Gasteiger partial charge is 0.315 e. The van der Waals surface area contributed by atoms with Crippen molar-refractivity contribution < 1.29 is 0 Å². The molecule has 2 heterocycles. The van der Waals surface area contributed by atoms with Crippen LogP contribution in [0.15, 0.2) is 29.5 Å². The van der Waals surface area contributed by atoms with Gasteiger partial charge in [-0.15, -0.1) is 0 Å². The average Bonchev–Trinajstić information content (AvgIpc) is 2.80. The van der Waals surface area contributed by atoms with Crippen LogP contribution >= 0.6 is 0 Å². The van der Waals surface area contributed by atoms with Gasteiger partial charge < -0.3 is 9.88 Å². The van der Waals surface area contributed by atoms with Gasteiger partial charge in [0.1, 0.15) is 5.52 Å². The van der Waals surface area contributed by atoms with Crippen LogP contribution in [-0.4, -0.2) is 27.3 Å². The third kappa shape index (κ3) is 2.39. The molecule has 17 heavy (non-hydrogen) atoms. The number of rotatable bonds is 5. The zero-order valence-corrected chi connectivity index (χ0v) is 10.3. The van der Waals surface area contributed by atoms with Crippen molar-refractivity contribution >= 4 is 5.52 Å². The summed E-state index contributed by atoms with van der Waals surface area (Å²) in [6.07, 6.45) is 7.42. The van der Waals surface area contributed by atoms with E-state index in [9.17, 15) is 4.79 Å². The van der Waals surface area contributed by atoms with Crippen LogP contribution in [0.3, 0.4) is 0 Å². The standard InChI is InChI=1S/C12H18N4O/c1-3-4-10(13-2)9-15-7-8-16-11(12(15)17)5-6-14-16/h5-8,10,13H,3-4,9H2,1-2H3. The first kappa shape index (κ1) is 11.9. The second-order valence-electron chi connectivity index (χ2n) is 4.19. The van der Waals surface area contributed by atoms with Gasteiger partial charge in [0, 0.05) is 25.0 Å². The topological polar surface area (TPSA) is 51.3 Å². The second-order valence-corrected chi connectivity index (χ2v) is 4.19. The van der Waals surface area contributed by atoms with Crippen LogP contribution < -0.4 is 10.9 Å². The predicted octanol–water partition coefficient (Wildman–Crippen LogP) is 0.884. The van der Waals surface area contributed by atoms with Gasteiger partial charge in [-0.2, -0.15) is 5.10 Å². The molecule has 0 spiro atoms. The maximum atomic E-state index is 12.1. The third-order valence-corrected chi connectivity index (χ3v) is 3.00. The molecule has 0 aliphatic carbocycles. The summed E-state index contributed by atoms with van der Waals surface area (Å²) in [4.78, 5) is 12.1. The quantitative estimate of drug-likeness (QED) is 0.835. The summed E-state index contributed by atoms with van der Waals surface area (Å²) in [5.41, 5.74) is 0.639. The highest BCUT2D eigenvalue weighted by Gasteiger charge is 2.08. The molecule has 1 atom stereocenters. The molecule has 0 bridgehead atoms. The van der Waals surface area contributed by atoms with Gasteiger partial charge in [-0.1, -0.05) is 13.3 Å². The molecule has 5 heteroatoms. The molecule has 0 aromatic carbocycles. The van der Waals surface area contributed by atoms with Crippen molar-refractivity contribution in [1.29, 1.82) is 0 Å². The molecule has 1 unspecified atom stereocenters. The van der Waals surface area contributed by atoms with Crippen LogP contribution in [0.4, 0.5) is 0 Å². The first-order chi connectivity index (χ1) is 8.26. The van der Waals surface area contributed by atoms with E-state index in [4.69, 9.17) is 0 Å². The summed E-state index contributed by atoms with van der Waals surface area (Å²) in [6.45, 7) is 2.85. The highest BCUT2D eigenvalue weighted by molar-refractivity contribution is 5.42. The van der Waals surface area contributed by atoms with E-state index in [-0.39, 0.29) is 5.56 Å². The molecular weight excluding hydrogens is 216 g/mol. The molecular formula is C12H18N4O. The van der Waals surface area contributed by atoms with E-state index >= 15 is 0 Å². The van der Waals surface area contributed by atoms with Crippen molar-refractivity contribution in [3.8, 4) is 0 Å². The van der Waals surface area contributed by atoms with Gasteiger partial charge in [0.2, 0.25) is 0 Å². The number of likely N-dealkylation sites (N-methyl/N-ethyl adjacent to an activating group) is 1. The van der Waals surface area contributed by atoms with Gasteiger partial charge in [0.05, 0.1) is 6.20 Å². The highest BCUT2D eigenvalue weighted by atomic mass is 16.1. The smallest absolute Gasteiger partial charge is 0.276 e. The minimum absolute atomic E-state index is 0.0151. The van der Waals surface area contributed by atoms with Crippen molar-refractivity contribution in [1.82, 2.24) is 19.5 Å². The van der Waals surface area contributed by atoms with Gasteiger partial charge in [-0.05, 0) is 19.5 Å². The molecule has 0 radical (unpaired) electrons. The van der Waals surface area contributed by atoms with Gasteiger partial charge in [0.25, 0.3) is 5.56 Å². The number of fused-ring (bicyclic) bond motifs is 1. The number of nitrogens with one attached hydrogen (secondary N) is 1. The Morgan fingerprint density at radius 3 is 3.00 bits per heavy atom. The van der Waals surface area contributed by atoms with Crippen LogP contribution in [0, 0.1) is 0 Å². The van der Waals surface area contributed by atoms with E-state index in [0.29, 0.717) is 18.1 Å². The Balaban J connectivity index is 2.29. The summed E-state index contributed by atoms with van der Waals surface area (Å²) < 4.78 is 3.35. The fraction of sp³-hybridized carbons (Fsp3) is 0.500. The molecule has 0 aliphatic rings. The number of hydrogen-bond acceptors (Lipinski definition) is 3. The molecule has 1 N–H and O–H groups in total. The SMILES string of the molecule is CCCC(Cn1ccn2nccc2c1=O)NC. The summed E-state index contributed by atoms with van der Waals surface area (Å²) in [6, 6.07) is 2.08. The number of nitrogens with zero attached hydrogens (tertiary/aromatic N) is 3. The Morgan fingerprint density at radius 1 is 1.47 bits per heavy atom. The van der Waals surface area contributed by atoms with Crippen molar-refractivity contribution in [2.24, 2.45) is 0 Å². The first-order valence-electron chi connectivity index (χ1n) is 5.96. The van der Waals surface area contributed by atoms with Crippen molar-refractivity contribution in [2.75, 3.05) is 7.05 Å². The highest BCUT2D eigenvalue weighted by Crippen LogP contribution is 2.00. The number of aromatic nitrogens is 3. The summed E-state index contributed by atoms with van der Waals surface area (Å²) in [5, 5.41) is 7.28. The zero-order valence-electron chi connectivity index (χ0n) is 10.3. The van der Waals surface area contributed by atoms with Crippen LogP contribution in [0.1, 0.15) is 19.8 Å². The van der Waals surface area contributed by atoms with E-state index in [0.717, 1.165) is 12.8 Å². The van der Waals surface area contributed by atoms with E-state index < -0.39 is 0 Å². The maximum Gasteiger partial charge on any atom is 0.276 e. The van der Waals surface area contributed by atoms with Gasteiger partial charge in [-0.25, -0.2) is 4.52 Å². The first-order valence-corrected chi connectivity index (χ1v) is 5.96. The molecule has 92 valence electrons. The molecule has 0 fully saturated rings. The lowest BCUT2D eigenvalue weighted by molar-refractivity contribution is 0.442. The van der Waals surface area contributed by atoms with Crippen LogP contribution in [0.2, 0.25) is 0 Å². The lowest BCUT2D eigenvalue weighted by Gasteiger charge is -2.16. The predicted molar refractivity (Wildman–Crippen MR) is 67.2 cm³/mol. The normalized spacial score (nSPS) is 13.1. The second kappa shape index (κ2) is 5.14. The molecule has 2 aromatic heterocycles. The molecule has 0 aliphatic heterocycles. The molecule has 5 nitrogen and oxygen atoms in total. The van der Waals surface area contributed by atoms with Crippen molar-refractivity contribution in [3.05, 3.63) is 35.0 Å². The third-order valence-electron chi connectivity index (χ3n) is 3.00. The van der Waals surface area contributed by atoms with Crippen molar-refractivity contribution in [2.45, 2.75) is 32.4 Å². The minimum Gasteiger partial charge on any atom is -0.315 e. The lowest BCUT2D eigenvalue weighted by atomic mass is 10.1. The van der Waals surface area contributed by atoms with Gasteiger partial charge >= 0.3 is 0 Å². The lowest BCUT2D eigenvalue weighted by Crippen LogP contribution is -2.34. The molecule has 0 amide bonds. The Labute approximate surface area is 100 Å². The Kier molecular flexibility index (Phi) is 3.58. The van der Waals surface area contributed by atoms with Crippen LogP contribution in [0.25, 0.3) is 5.52 Å². The fourth-order valence-electron chi connectivity index (χ4n) is 2.02. The minimum atomic E-state index is 0.0151. The van der Waals surface area contributed by atoms with E-state index in [1.165, 1.54) is 0 Å².